The number of carbonyl (C=O) groups is 1. The van der Waals surface area contributed by atoms with Gasteiger partial charge in [-0.1, -0.05) is 19.1 Å². The SMILES string of the molecule is CCCS(=O)(=O)N1CCC(c2nc(C(=O)Nc3ccccc3N3CCCCC3)cs2)CC1. The van der Waals surface area contributed by atoms with Gasteiger partial charge in [-0.25, -0.2) is 17.7 Å². The van der Waals surface area contributed by atoms with E-state index in [1.54, 1.807) is 4.31 Å². The van der Waals surface area contributed by atoms with E-state index in [-0.39, 0.29) is 17.6 Å². The van der Waals surface area contributed by atoms with Crippen molar-refractivity contribution in [3.63, 3.8) is 0 Å². The van der Waals surface area contributed by atoms with Crippen molar-refractivity contribution in [1.82, 2.24) is 9.29 Å². The minimum absolute atomic E-state index is 0.195. The smallest absolute Gasteiger partial charge is 0.275 e. The first-order valence-corrected chi connectivity index (χ1v) is 14.1. The number of rotatable bonds is 7. The summed E-state index contributed by atoms with van der Waals surface area (Å²) in [6, 6.07) is 7.96. The van der Waals surface area contributed by atoms with Gasteiger partial charge in [0.2, 0.25) is 10.0 Å². The molecule has 3 heterocycles. The molecule has 9 heteroatoms. The Labute approximate surface area is 194 Å². The number of amides is 1. The van der Waals surface area contributed by atoms with E-state index < -0.39 is 10.0 Å². The first-order chi connectivity index (χ1) is 15.5. The van der Waals surface area contributed by atoms with Crippen LogP contribution >= 0.6 is 11.3 Å². The van der Waals surface area contributed by atoms with Gasteiger partial charge in [0, 0.05) is 37.5 Å². The Morgan fingerprint density at radius 2 is 1.84 bits per heavy atom. The molecule has 32 heavy (non-hydrogen) atoms. The topological polar surface area (TPSA) is 82.6 Å². The van der Waals surface area contributed by atoms with Crippen LogP contribution in [-0.4, -0.2) is 55.5 Å². The van der Waals surface area contributed by atoms with Gasteiger partial charge in [-0.05, 0) is 50.7 Å². The highest BCUT2D eigenvalue weighted by Crippen LogP contribution is 2.32. The molecule has 2 saturated heterocycles. The summed E-state index contributed by atoms with van der Waals surface area (Å²) in [6.07, 6.45) is 5.74. The Morgan fingerprint density at radius 1 is 1.12 bits per heavy atom. The van der Waals surface area contributed by atoms with E-state index >= 15 is 0 Å². The molecule has 4 rings (SSSR count). The van der Waals surface area contributed by atoms with Gasteiger partial charge >= 0.3 is 0 Å². The van der Waals surface area contributed by atoms with E-state index in [0.29, 0.717) is 25.2 Å². The Balaban J connectivity index is 1.39. The third-order valence-electron chi connectivity index (χ3n) is 6.26. The van der Waals surface area contributed by atoms with Crippen molar-refractivity contribution in [2.24, 2.45) is 0 Å². The molecule has 1 amide bonds. The number of nitrogens with zero attached hydrogens (tertiary/aromatic N) is 3. The van der Waals surface area contributed by atoms with E-state index in [4.69, 9.17) is 0 Å². The lowest BCUT2D eigenvalue weighted by Gasteiger charge is -2.30. The molecule has 1 aromatic heterocycles. The average molecular weight is 477 g/mol. The van der Waals surface area contributed by atoms with E-state index in [0.717, 1.165) is 42.3 Å². The number of hydrogen-bond acceptors (Lipinski definition) is 6. The maximum atomic E-state index is 12.9. The van der Waals surface area contributed by atoms with Gasteiger partial charge in [0.15, 0.2) is 0 Å². The first kappa shape index (κ1) is 23.2. The number of para-hydroxylation sites is 2. The summed E-state index contributed by atoms with van der Waals surface area (Å²) in [4.78, 5) is 19.9. The van der Waals surface area contributed by atoms with Gasteiger partial charge in [-0.3, -0.25) is 4.79 Å². The summed E-state index contributed by atoms with van der Waals surface area (Å²) >= 11 is 1.50. The Kier molecular flexibility index (Phi) is 7.48. The molecule has 0 bridgehead atoms. The molecule has 7 nitrogen and oxygen atoms in total. The van der Waals surface area contributed by atoms with Crippen LogP contribution in [0, 0.1) is 0 Å². The molecule has 0 spiro atoms. The van der Waals surface area contributed by atoms with Crippen LogP contribution in [0.25, 0.3) is 0 Å². The molecule has 174 valence electrons. The summed E-state index contributed by atoms with van der Waals surface area (Å²) < 4.78 is 26.2. The Morgan fingerprint density at radius 3 is 2.56 bits per heavy atom. The van der Waals surface area contributed by atoms with Crippen LogP contribution in [0.3, 0.4) is 0 Å². The van der Waals surface area contributed by atoms with Crippen LogP contribution in [0.15, 0.2) is 29.6 Å². The van der Waals surface area contributed by atoms with E-state index in [2.05, 4.69) is 21.3 Å². The summed E-state index contributed by atoms with van der Waals surface area (Å²) in [5, 5.41) is 5.79. The molecule has 2 aliphatic rings. The maximum Gasteiger partial charge on any atom is 0.275 e. The number of aromatic nitrogens is 1. The van der Waals surface area contributed by atoms with Gasteiger partial charge in [-0.15, -0.1) is 11.3 Å². The molecule has 0 unspecified atom stereocenters. The van der Waals surface area contributed by atoms with Crippen LogP contribution in [-0.2, 0) is 10.0 Å². The van der Waals surface area contributed by atoms with Gasteiger partial charge in [-0.2, -0.15) is 0 Å². The summed E-state index contributed by atoms with van der Waals surface area (Å²) in [6.45, 7) is 4.97. The summed E-state index contributed by atoms with van der Waals surface area (Å²) in [5.74, 6) is 0.216. The van der Waals surface area contributed by atoms with Crippen molar-refractivity contribution >= 4 is 38.6 Å². The van der Waals surface area contributed by atoms with Crippen LogP contribution in [0.5, 0.6) is 0 Å². The third kappa shape index (κ3) is 5.32. The Bertz CT molecular complexity index is 1020. The number of nitrogens with one attached hydrogen (secondary N) is 1. The Hall–Kier alpha value is -1.97. The van der Waals surface area contributed by atoms with E-state index in [9.17, 15) is 13.2 Å². The molecule has 0 radical (unpaired) electrons. The zero-order valence-electron chi connectivity index (χ0n) is 18.6. The largest absolute Gasteiger partial charge is 0.370 e. The molecule has 0 atom stereocenters. The number of benzene rings is 1. The van der Waals surface area contributed by atoms with Gasteiger partial charge in [0.25, 0.3) is 5.91 Å². The van der Waals surface area contributed by atoms with Crippen LogP contribution < -0.4 is 10.2 Å². The molecule has 1 aromatic carbocycles. The second-order valence-electron chi connectivity index (χ2n) is 8.58. The molecule has 1 N–H and O–H groups in total. The summed E-state index contributed by atoms with van der Waals surface area (Å²) in [7, 11) is -3.15. The molecular weight excluding hydrogens is 444 g/mol. The lowest BCUT2D eigenvalue weighted by Crippen LogP contribution is -2.39. The highest BCUT2D eigenvalue weighted by molar-refractivity contribution is 7.89. The molecular formula is C23H32N4O3S2. The number of anilines is 2. The van der Waals surface area contributed by atoms with Crippen molar-refractivity contribution < 1.29 is 13.2 Å². The highest BCUT2D eigenvalue weighted by atomic mass is 32.2. The van der Waals surface area contributed by atoms with E-state index in [1.165, 1.54) is 30.6 Å². The van der Waals surface area contributed by atoms with Gasteiger partial charge < -0.3 is 10.2 Å². The average Bonchev–Trinajstić information content (AvgIpc) is 3.31. The van der Waals surface area contributed by atoms with Gasteiger partial charge in [0.05, 0.1) is 22.1 Å². The lowest BCUT2D eigenvalue weighted by atomic mass is 9.99. The molecule has 2 fully saturated rings. The van der Waals surface area contributed by atoms with Crippen molar-refractivity contribution in [3.8, 4) is 0 Å². The van der Waals surface area contributed by atoms with E-state index in [1.807, 2.05) is 30.5 Å². The monoisotopic (exact) mass is 476 g/mol. The predicted molar refractivity (Wildman–Crippen MR) is 130 cm³/mol. The number of piperidine rings is 2. The summed E-state index contributed by atoms with van der Waals surface area (Å²) in [5.41, 5.74) is 2.32. The molecule has 0 aliphatic carbocycles. The van der Waals surface area contributed by atoms with Crippen LogP contribution in [0.4, 0.5) is 11.4 Å². The second kappa shape index (κ2) is 10.3. The first-order valence-electron chi connectivity index (χ1n) is 11.6. The number of sulfonamides is 1. The van der Waals surface area contributed by atoms with Crippen LogP contribution in [0.1, 0.15) is 66.9 Å². The van der Waals surface area contributed by atoms with Crippen molar-refractivity contribution in [2.75, 3.05) is 42.1 Å². The normalized spacial score (nSPS) is 18.6. The lowest BCUT2D eigenvalue weighted by molar-refractivity contribution is 0.102. The van der Waals surface area contributed by atoms with Crippen LogP contribution in [0.2, 0.25) is 0 Å². The highest BCUT2D eigenvalue weighted by Gasteiger charge is 2.29. The number of carbonyl (C=O) groups excluding carboxylic acids is 1. The van der Waals surface area contributed by atoms with Crippen molar-refractivity contribution in [2.45, 2.75) is 51.4 Å². The molecule has 0 saturated carbocycles. The fourth-order valence-electron chi connectivity index (χ4n) is 4.52. The quantitative estimate of drug-likeness (QED) is 0.644. The van der Waals surface area contributed by atoms with Gasteiger partial charge in [0.1, 0.15) is 5.69 Å². The molecule has 2 aliphatic heterocycles. The van der Waals surface area contributed by atoms with Crippen molar-refractivity contribution in [3.05, 3.63) is 40.3 Å². The standard InChI is InChI=1S/C23H32N4O3S2/c1-2-16-32(29,30)27-14-10-18(11-15-27)23-25-20(17-31-23)22(28)24-19-8-4-5-9-21(19)26-12-6-3-7-13-26/h4-5,8-9,17-18H,2-3,6-7,10-16H2,1H3,(H,24,28). The maximum absolute atomic E-state index is 12.9. The molecule has 2 aromatic rings. The van der Waals surface area contributed by atoms with Crippen molar-refractivity contribution in [1.29, 1.82) is 0 Å². The predicted octanol–water partition coefficient (Wildman–Crippen LogP) is 4.30. The zero-order valence-corrected chi connectivity index (χ0v) is 20.3. The minimum atomic E-state index is -3.15. The minimum Gasteiger partial charge on any atom is -0.370 e. The fourth-order valence-corrected chi connectivity index (χ4v) is 7.04. The second-order valence-corrected chi connectivity index (χ2v) is 11.6. The zero-order chi connectivity index (χ0) is 22.6. The number of thiazole rings is 1. The number of hydrogen-bond donors (Lipinski definition) is 1. The third-order valence-corrected chi connectivity index (χ3v) is 9.35. The fraction of sp³-hybridized carbons (Fsp3) is 0.565.